The van der Waals surface area contributed by atoms with Crippen molar-refractivity contribution in [1.82, 2.24) is 9.13 Å². The second-order valence-electron chi connectivity index (χ2n) is 7.13. The fourth-order valence-corrected chi connectivity index (χ4v) is 4.26. The smallest absolute Gasteiger partial charge is 0.333 e. The maximum Gasteiger partial charge on any atom is 0.333 e. The third-order valence-electron chi connectivity index (χ3n) is 5.02. The van der Waals surface area contributed by atoms with E-state index in [9.17, 15) is 14.7 Å². The van der Waals surface area contributed by atoms with E-state index in [-0.39, 0.29) is 5.56 Å². The second-order valence-corrected chi connectivity index (χ2v) is 8.09. The number of aromatic nitrogens is 2. The summed E-state index contributed by atoms with van der Waals surface area (Å²) in [4.78, 5) is 29.7. The minimum Gasteiger partial charge on any atom is -0.494 e. The molecule has 4 rings (SSSR count). The van der Waals surface area contributed by atoms with Crippen molar-refractivity contribution in [3.05, 3.63) is 105 Å². The van der Waals surface area contributed by atoms with Crippen molar-refractivity contribution >= 4 is 33.3 Å². The van der Waals surface area contributed by atoms with Crippen molar-refractivity contribution in [2.45, 2.75) is 5.75 Å². The molecule has 0 amide bonds. The Balaban J connectivity index is 1.78. The van der Waals surface area contributed by atoms with E-state index in [1.807, 2.05) is 48.5 Å². The van der Waals surface area contributed by atoms with Crippen molar-refractivity contribution in [1.29, 1.82) is 0 Å². The minimum atomic E-state index is -0.593. The standard InChI is InChI=1S/C24H21N3O3S/c1-26-22(28)20(23(29)27(2)24(26)30)21(25-19-10-4-3-5-11-19)31-15-16-12-13-17-8-6-7-9-18(17)14-16/h3-14,28H,15H2,1-2H3. The second kappa shape index (κ2) is 8.65. The molecule has 3 aromatic carbocycles. The number of thioether (sulfide) groups is 1. The lowest BCUT2D eigenvalue weighted by Crippen LogP contribution is -2.39. The summed E-state index contributed by atoms with van der Waals surface area (Å²) in [6, 6.07) is 23.5. The first kappa shape index (κ1) is 20.7. The Morgan fingerprint density at radius 1 is 0.903 bits per heavy atom. The molecule has 0 saturated heterocycles. The molecule has 4 aromatic rings. The average Bonchev–Trinajstić information content (AvgIpc) is 2.80. The molecule has 1 heterocycles. The normalized spacial score (nSPS) is 11.7. The summed E-state index contributed by atoms with van der Waals surface area (Å²) in [7, 11) is 2.82. The molecule has 0 saturated carbocycles. The molecule has 0 aliphatic carbocycles. The number of fused-ring (bicyclic) bond motifs is 1. The molecular weight excluding hydrogens is 410 g/mol. The molecule has 1 N–H and O–H groups in total. The summed E-state index contributed by atoms with van der Waals surface area (Å²) >= 11 is 1.34. The number of hydrogen-bond acceptors (Lipinski definition) is 5. The van der Waals surface area contributed by atoms with Crippen LogP contribution in [0.4, 0.5) is 5.69 Å². The number of nitrogens with zero attached hydrogens (tertiary/aromatic N) is 3. The van der Waals surface area contributed by atoms with Crippen LogP contribution in [0.3, 0.4) is 0 Å². The van der Waals surface area contributed by atoms with Crippen LogP contribution < -0.4 is 11.2 Å². The molecule has 0 aliphatic heterocycles. The number of aromatic hydroxyl groups is 1. The number of rotatable bonds is 4. The Labute approximate surface area is 183 Å². The van der Waals surface area contributed by atoms with Crippen LogP contribution in [0.2, 0.25) is 0 Å². The van der Waals surface area contributed by atoms with E-state index in [0.29, 0.717) is 16.5 Å². The van der Waals surface area contributed by atoms with Gasteiger partial charge in [-0.3, -0.25) is 13.9 Å². The van der Waals surface area contributed by atoms with E-state index in [1.165, 1.54) is 25.9 Å². The zero-order chi connectivity index (χ0) is 22.0. The summed E-state index contributed by atoms with van der Waals surface area (Å²) in [6.45, 7) is 0. The van der Waals surface area contributed by atoms with Gasteiger partial charge in [0.15, 0.2) is 0 Å². The summed E-state index contributed by atoms with van der Waals surface area (Å²) in [5.74, 6) is 0.149. The van der Waals surface area contributed by atoms with E-state index in [1.54, 1.807) is 0 Å². The van der Waals surface area contributed by atoms with Crippen LogP contribution in [0.15, 0.2) is 87.4 Å². The van der Waals surface area contributed by atoms with E-state index < -0.39 is 17.1 Å². The molecule has 7 heteroatoms. The van der Waals surface area contributed by atoms with Crippen LogP contribution in [-0.4, -0.2) is 19.3 Å². The van der Waals surface area contributed by atoms with Gasteiger partial charge in [0.25, 0.3) is 5.56 Å². The van der Waals surface area contributed by atoms with Crippen molar-refractivity contribution in [3.63, 3.8) is 0 Å². The first-order chi connectivity index (χ1) is 15.0. The lowest BCUT2D eigenvalue weighted by atomic mass is 10.1. The minimum absolute atomic E-state index is 0.0132. The van der Waals surface area contributed by atoms with Gasteiger partial charge in [0.05, 0.1) is 5.69 Å². The molecule has 156 valence electrons. The maximum atomic E-state index is 12.9. The van der Waals surface area contributed by atoms with Crippen LogP contribution in [0.1, 0.15) is 11.1 Å². The van der Waals surface area contributed by atoms with Gasteiger partial charge in [0.2, 0.25) is 5.88 Å². The van der Waals surface area contributed by atoms with Gasteiger partial charge in [0.1, 0.15) is 10.6 Å². The number of aliphatic imine (C=N–C) groups is 1. The van der Waals surface area contributed by atoms with E-state index in [0.717, 1.165) is 25.5 Å². The molecule has 0 aliphatic rings. The molecule has 0 radical (unpaired) electrons. The van der Waals surface area contributed by atoms with Gasteiger partial charge in [-0.25, -0.2) is 9.79 Å². The molecule has 0 bridgehead atoms. The van der Waals surface area contributed by atoms with Crippen molar-refractivity contribution < 1.29 is 5.11 Å². The molecule has 0 atom stereocenters. The van der Waals surface area contributed by atoms with E-state index in [4.69, 9.17) is 0 Å². The lowest BCUT2D eigenvalue weighted by molar-refractivity contribution is 0.410. The van der Waals surface area contributed by atoms with Gasteiger partial charge in [-0.15, -0.1) is 11.8 Å². The Morgan fingerprint density at radius 2 is 1.58 bits per heavy atom. The quantitative estimate of drug-likeness (QED) is 0.392. The molecule has 0 unspecified atom stereocenters. The molecule has 31 heavy (non-hydrogen) atoms. The summed E-state index contributed by atoms with van der Waals surface area (Å²) < 4.78 is 2.03. The third-order valence-corrected chi connectivity index (χ3v) is 6.07. The largest absolute Gasteiger partial charge is 0.494 e. The highest BCUT2D eigenvalue weighted by molar-refractivity contribution is 8.13. The first-order valence-electron chi connectivity index (χ1n) is 9.69. The fraction of sp³-hybridized carbons (Fsp3) is 0.125. The van der Waals surface area contributed by atoms with E-state index >= 15 is 0 Å². The number of benzene rings is 3. The van der Waals surface area contributed by atoms with Crippen LogP contribution in [0.5, 0.6) is 5.88 Å². The Kier molecular flexibility index (Phi) is 5.77. The highest BCUT2D eigenvalue weighted by atomic mass is 32.2. The molecule has 0 fully saturated rings. The van der Waals surface area contributed by atoms with Crippen molar-refractivity contribution in [2.24, 2.45) is 19.1 Å². The Morgan fingerprint density at radius 3 is 2.32 bits per heavy atom. The van der Waals surface area contributed by atoms with Gasteiger partial charge in [-0.1, -0.05) is 60.7 Å². The fourth-order valence-electron chi connectivity index (χ4n) is 3.28. The summed E-state index contributed by atoms with van der Waals surface area (Å²) in [5, 5.41) is 13.3. The van der Waals surface area contributed by atoms with E-state index in [2.05, 4.69) is 29.3 Å². The van der Waals surface area contributed by atoms with Crippen molar-refractivity contribution in [2.75, 3.05) is 0 Å². The predicted octanol–water partition coefficient (Wildman–Crippen LogP) is 3.95. The van der Waals surface area contributed by atoms with Gasteiger partial charge in [-0.2, -0.15) is 0 Å². The number of para-hydroxylation sites is 1. The third kappa shape index (κ3) is 4.18. The molecular formula is C24H21N3O3S. The van der Waals surface area contributed by atoms with Crippen LogP contribution >= 0.6 is 11.8 Å². The molecule has 0 spiro atoms. The number of hydrogen-bond donors (Lipinski definition) is 1. The zero-order valence-corrected chi connectivity index (χ0v) is 18.0. The van der Waals surface area contributed by atoms with Crippen LogP contribution in [0.25, 0.3) is 10.8 Å². The summed E-state index contributed by atoms with van der Waals surface area (Å²) in [6.07, 6.45) is 0. The van der Waals surface area contributed by atoms with Crippen molar-refractivity contribution in [3.8, 4) is 5.88 Å². The van der Waals surface area contributed by atoms with Gasteiger partial charge >= 0.3 is 5.69 Å². The summed E-state index contributed by atoms with van der Waals surface area (Å²) in [5.41, 5.74) is 0.551. The Hall–Kier alpha value is -3.58. The zero-order valence-electron chi connectivity index (χ0n) is 17.1. The van der Waals surface area contributed by atoms with Gasteiger partial charge in [0, 0.05) is 19.8 Å². The average molecular weight is 432 g/mol. The highest BCUT2D eigenvalue weighted by Gasteiger charge is 2.21. The monoisotopic (exact) mass is 431 g/mol. The molecule has 1 aromatic heterocycles. The lowest BCUT2D eigenvalue weighted by Gasteiger charge is -2.13. The predicted molar refractivity (Wildman–Crippen MR) is 126 cm³/mol. The highest BCUT2D eigenvalue weighted by Crippen LogP contribution is 2.26. The van der Waals surface area contributed by atoms with Gasteiger partial charge < -0.3 is 5.11 Å². The van der Waals surface area contributed by atoms with Crippen LogP contribution in [0, 0.1) is 0 Å². The SMILES string of the molecule is Cn1c(O)c(C(=Nc2ccccc2)SCc2ccc3ccccc3c2)c(=O)n(C)c1=O. The van der Waals surface area contributed by atoms with Gasteiger partial charge in [-0.05, 0) is 28.5 Å². The maximum absolute atomic E-state index is 12.9. The topological polar surface area (TPSA) is 76.6 Å². The van der Waals surface area contributed by atoms with Crippen LogP contribution in [-0.2, 0) is 19.8 Å². The first-order valence-corrected chi connectivity index (χ1v) is 10.7. The Bertz CT molecular complexity index is 1410. The molecule has 6 nitrogen and oxygen atoms in total.